The van der Waals surface area contributed by atoms with E-state index in [0.717, 1.165) is 17.2 Å². The molecule has 19 heavy (non-hydrogen) atoms. The number of hydrogen-bond acceptors (Lipinski definition) is 4. The summed E-state index contributed by atoms with van der Waals surface area (Å²) in [6.07, 6.45) is 1.80. The van der Waals surface area contributed by atoms with Crippen LogP contribution in [0.3, 0.4) is 0 Å². The van der Waals surface area contributed by atoms with Gasteiger partial charge in [0.25, 0.3) is 0 Å². The van der Waals surface area contributed by atoms with Crippen LogP contribution >= 0.6 is 0 Å². The lowest BCUT2D eigenvalue weighted by Gasteiger charge is -2.09. The Bertz CT molecular complexity index is 561. The Morgan fingerprint density at radius 2 is 1.89 bits per heavy atom. The minimum Gasteiger partial charge on any atom is -0.366 e. The molecule has 2 rings (SSSR count). The summed E-state index contributed by atoms with van der Waals surface area (Å²) in [5, 5.41) is 6.36. The molecule has 0 unspecified atom stereocenters. The lowest BCUT2D eigenvalue weighted by atomic mass is 10.2. The molecule has 4 heteroatoms. The Kier molecular flexibility index (Phi) is 4.13. The maximum absolute atomic E-state index is 4.41. The Morgan fingerprint density at radius 3 is 2.58 bits per heavy atom. The van der Waals surface area contributed by atoms with Gasteiger partial charge in [0, 0.05) is 24.0 Å². The van der Waals surface area contributed by atoms with Crippen LogP contribution in [0.5, 0.6) is 0 Å². The van der Waals surface area contributed by atoms with Gasteiger partial charge in [0.15, 0.2) is 0 Å². The maximum atomic E-state index is 4.41. The highest BCUT2D eigenvalue weighted by Gasteiger charge is 2.02. The van der Waals surface area contributed by atoms with Crippen LogP contribution in [-0.4, -0.2) is 16.5 Å². The van der Waals surface area contributed by atoms with Crippen molar-refractivity contribution < 1.29 is 0 Å². The number of aromatic nitrogens is 2. The maximum Gasteiger partial charge on any atom is 0.229 e. The van der Waals surface area contributed by atoms with Gasteiger partial charge >= 0.3 is 0 Å². The number of nitrogens with zero attached hydrogens (tertiary/aromatic N) is 2. The van der Waals surface area contributed by atoms with Crippen LogP contribution in [0.15, 0.2) is 43.0 Å². The molecular weight excluding hydrogens is 236 g/mol. The molecule has 0 bridgehead atoms. The van der Waals surface area contributed by atoms with Gasteiger partial charge in [0.1, 0.15) is 5.82 Å². The highest BCUT2D eigenvalue weighted by Crippen LogP contribution is 2.16. The normalized spacial score (nSPS) is 10.0. The van der Waals surface area contributed by atoms with Gasteiger partial charge in [-0.15, -0.1) is 6.58 Å². The molecule has 0 aliphatic rings. The molecule has 0 fully saturated rings. The Morgan fingerprint density at radius 1 is 1.16 bits per heavy atom. The summed E-state index contributed by atoms with van der Waals surface area (Å²) in [7, 11) is 0. The van der Waals surface area contributed by atoms with Gasteiger partial charge in [-0.3, -0.25) is 0 Å². The molecule has 1 heterocycles. The smallest absolute Gasteiger partial charge is 0.229 e. The van der Waals surface area contributed by atoms with Gasteiger partial charge in [0.05, 0.1) is 0 Å². The van der Waals surface area contributed by atoms with Gasteiger partial charge in [-0.05, 0) is 26.0 Å². The van der Waals surface area contributed by atoms with Crippen molar-refractivity contribution in [3.8, 4) is 0 Å². The third-order valence-electron chi connectivity index (χ3n) is 2.59. The van der Waals surface area contributed by atoms with E-state index in [1.54, 1.807) is 6.08 Å². The summed E-state index contributed by atoms with van der Waals surface area (Å²) < 4.78 is 0. The van der Waals surface area contributed by atoms with Gasteiger partial charge in [-0.1, -0.05) is 23.8 Å². The van der Waals surface area contributed by atoms with E-state index in [1.165, 1.54) is 5.56 Å². The summed E-state index contributed by atoms with van der Waals surface area (Å²) in [6.45, 7) is 8.36. The van der Waals surface area contributed by atoms with Crippen molar-refractivity contribution in [3.63, 3.8) is 0 Å². The van der Waals surface area contributed by atoms with E-state index in [2.05, 4.69) is 46.2 Å². The molecule has 2 aromatic rings. The fourth-order valence-electron chi connectivity index (χ4n) is 1.66. The predicted octanol–water partition coefficient (Wildman–Crippen LogP) is 3.43. The first kappa shape index (κ1) is 13.1. The van der Waals surface area contributed by atoms with Crippen LogP contribution in [0.2, 0.25) is 0 Å². The molecule has 0 aliphatic heterocycles. The first-order valence-corrected chi connectivity index (χ1v) is 6.21. The van der Waals surface area contributed by atoms with Crippen LogP contribution < -0.4 is 10.6 Å². The summed E-state index contributed by atoms with van der Waals surface area (Å²) in [5.41, 5.74) is 3.12. The van der Waals surface area contributed by atoms with Crippen molar-refractivity contribution in [2.45, 2.75) is 13.8 Å². The molecule has 0 saturated carbocycles. The van der Waals surface area contributed by atoms with Crippen LogP contribution in [-0.2, 0) is 0 Å². The van der Waals surface area contributed by atoms with E-state index in [0.29, 0.717) is 12.5 Å². The van der Waals surface area contributed by atoms with Gasteiger partial charge < -0.3 is 10.6 Å². The number of rotatable bonds is 5. The zero-order valence-corrected chi connectivity index (χ0v) is 11.3. The SMILES string of the molecule is C=CCNc1cc(C)nc(Nc2ccc(C)cc2)n1. The highest BCUT2D eigenvalue weighted by molar-refractivity contribution is 5.55. The number of nitrogens with one attached hydrogen (secondary N) is 2. The summed E-state index contributed by atoms with van der Waals surface area (Å²) in [6, 6.07) is 10.0. The average Bonchev–Trinajstić information content (AvgIpc) is 2.38. The van der Waals surface area contributed by atoms with Gasteiger partial charge in [0.2, 0.25) is 5.95 Å². The largest absolute Gasteiger partial charge is 0.366 e. The molecule has 98 valence electrons. The second-order valence-corrected chi connectivity index (χ2v) is 4.38. The molecule has 1 aromatic carbocycles. The number of aryl methyl sites for hydroxylation is 2. The third kappa shape index (κ3) is 3.81. The standard InChI is InChI=1S/C15H18N4/c1-4-9-16-14-10-12(3)17-15(19-14)18-13-7-5-11(2)6-8-13/h4-8,10H,1,9H2,2-3H3,(H2,16,17,18,19). The fraction of sp³-hybridized carbons (Fsp3) is 0.200. The van der Waals surface area contributed by atoms with E-state index < -0.39 is 0 Å². The van der Waals surface area contributed by atoms with Crippen LogP contribution in [0.4, 0.5) is 17.5 Å². The number of benzene rings is 1. The predicted molar refractivity (Wildman–Crippen MR) is 79.9 cm³/mol. The molecule has 0 atom stereocenters. The summed E-state index contributed by atoms with van der Waals surface area (Å²) in [5.74, 6) is 1.39. The zero-order chi connectivity index (χ0) is 13.7. The van der Waals surface area contributed by atoms with E-state index in [1.807, 2.05) is 25.1 Å². The number of anilines is 3. The average molecular weight is 254 g/mol. The van der Waals surface area contributed by atoms with Crippen molar-refractivity contribution in [1.29, 1.82) is 0 Å². The van der Waals surface area contributed by atoms with Crippen LogP contribution in [0, 0.1) is 13.8 Å². The van der Waals surface area contributed by atoms with E-state index in [9.17, 15) is 0 Å². The van der Waals surface area contributed by atoms with Crippen molar-refractivity contribution >= 4 is 17.5 Å². The van der Waals surface area contributed by atoms with Crippen molar-refractivity contribution in [1.82, 2.24) is 9.97 Å². The highest BCUT2D eigenvalue weighted by atomic mass is 15.1. The molecule has 4 nitrogen and oxygen atoms in total. The first-order chi connectivity index (χ1) is 9.17. The molecule has 0 amide bonds. The van der Waals surface area contributed by atoms with Crippen molar-refractivity contribution in [2.75, 3.05) is 17.2 Å². The molecule has 2 N–H and O–H groups in total. The Labute approximate surface area is 113 Å². The lowest BCUT2D eigenvalue weighted by molar-refractivity contribution is 1.09. The molecule has 0 spiro atoms. The third-order valence-corrected chi connectivity index (χ3v) is 2.59. The minimum atomic E-state index is 0.593. The minimum absolute atomic E-state index is 0.593. The molecule has 0 aliphatic carbocycles. The Balaban J connectivity index is 2.17. The first-order valence-electron chi connectivity index (χ1n) is 6.21. The van der Waals surface area contributed by atoms with E-state index in [4.69, 9.17) is 0 Å². The second-order valence-electron chi connectivity index (χ2n) is 4.38. The molecule has 0 radical (unpaired) electrons. The summed E-state index contributed by atoms with van der Waals surface area (Å²) >= 11 is 0. The van der Waals surface area contributed by atoms with Crippen LogP contribution in [0.25, 0.3) is 0 Å². The Hall–Kier alpha value is -2.36. The van der Waals surface area contributed by atoms with E-state index in [-0.39, 0.29) is 0 Å². The zero-order valence-electron chi connectivity index (χ0n) is 11.3. The quantitative estimate of drug-likeness (QED) is 0.802. The van der Waals surface area contributed by atoms with Crippen molar-refractivity contribution in [2.24, 2.45) is 0 Å². The van der Waals surface area contributed by atoms with E-state index >= 15 is 0 Å². The monoisotopic (exact) mass is 254 g/mol. The molecular formula is C15H18N4. The second kappa shape index (κ2) is 6.00. The summed E-state index contributed by atoms with van der Waals surface area (Å²) in [4.78, 5) is 8.78. The van der Waals surface area contributed by atoms with Crippen LogP contribution in [0.1, 0.15) is 11.3 Å². The molecule has 0 saturated heterocycles. The van der Waals surface area contributed by atoms with Gasteiger partial charge in [-0.2, -0.15) is 4.98 Å². The number of hydrogen-bond donors (Lipinski definition) is 2. The topological polar surface area (TPSA) is 49.8 Å². The molecule has 1 aromatic heterocycles. The van der Waals surface area contributed by atoms with Gasteiger partial charge in [-0.25, -0.2) is 4.98 Å². The van der Waals surface area contributed by atoms with Crippen molar-refractivity contribution in [3.05, 3.63) is 54.2 Å². The lowest BCUT2D eigenvalue weighted by Crippen LogP contribution is -2.05. The fourth-order valence-corrected chi connectivity index (χ4v) is 1.66.